The SMILES string of the molecule is COC(=O)C(C)(CCOCCC(C)(C)OC)NC1CC1. The molecule has 0 heterocycles. The van der Waals surface area contributed by atoms with Gasteiger partial charge in [0.1, 0.15) is 5.54 Å². The van der Waals surface area contributed by atoms with Crippen LogP contribution in [0.1, 0.15) is 46.5 Å². The normalized spacial score (nSPS) is 18.6. The first kappa shape index (κ1) is 17.4. The van der Waals surface area contributed by atoms with Gasteiger partial charge in [-0.15, -0.1) is 0 Å². The summed E-state index contributed by atoms with van der Waals surface area (Å²) in [5.74, 6) is -0.217. The van der Waals surface area contributed by atoms with Gasteiger partial charge in [-0.25, -0.2) is 0 Å². The van der Waals surface area contributed by atoms with E-state index in [1.165, 1.54) is 7.11 Å². The van der Waals surface area contributed by atoms with E-state index < -0.39 is 5.54 Å². The second kappa shape index (κ2) is 7.38. The lowest BCUT2D eigenvalue weighted by Crippen LogP contribution is -2.52. The van der Waals surface area contributed by atoms with Crippen LogP contribution in [0.5, 0.6) is 0 Å². The molecule has 1 rings (SSSR count). The standard InChI is InChI=1S/C15H29NO4/c1-14(2,19-5)8-10-20-11-9-15(3,13(17)18-4)16-12-6-7-12/h12,16H,6-11H2,1-5H3. The highest BCUT2D eigenvalue weighted by Gasteiger charge is 2.39. The number of hydrogen-bond acceptors (Lipinski definition) is 5. The molecule has 1 saturated carbocycles. The number of ether oxygens (including phenoxy) is 3. The first-order valence-corrected chi connectivity index (χ1v) is 7.32. The zero-order valence-corrected chi connectivity index (χ0v) is 13.5. The average Bonchev–Trinajstić information content (AvgIpc) is 3.21. The Bertz CT molecular complexity index is 315. The Labute approximate surface area is 122 Å². The fourth-order valence-corrected chi connectivity index (χ4v) is 1.93. The third kappa shape index (κ3) is 5.77. The topological polar surface area (TPSA) is 56.8 Å². The maximum Gasteiger partial charge on any atom is 0.325 e. The van der Waals surface area contributed by atoms with Crippen LogP contribution >= 0.6 is 0 Å². The number of rotatable bonds is 10. The summed E-state index contributed by atoms with van der Waals surface area (Å²) in [6.45, 7) is 7.11. The van der Waals surface area contributed by atoms with Crippen molar-refractivity contribution in [2.45, 2.75) is 63.6 Å². The van der Waals surface area contributed by atoms with Crippen molar-refractivity contribution in [3.05, 3.63) is 0 Å². The summed E-state index contributed by atoms with van der Waals surface area (Å²) in [4.78, 5) is 11.9. The molecule has 1 aliphatic rings. The van der Waals surface area contributed by atoms with Crippen LogP contribution in [0.15, 0.2) is 0 Å². The summed E-state index contributed by atoms with van der Waals surface area (Å²) in [7, 11) is 3.13. The maximum absolute atomic E-state index is 11.9. The highest BCUT2D eigenvalue weighted by molar-refractivity contribution is 5.80. The predicted octanol–water partition coefficient (Wildman–Crippen LogP) is 1.89. The fraction of sp³-hybridized carbons (Fsp3) is 0.933. The molecule has 0 spiro atoms. The smallest absolute Gasteiger partial charge is 0.325 e. The molecule has 1 unspecified atom stereocenters. The monoisotopic (exact) mass is 287 g/mol. The van der Waals surface area contributed by atoms with Gasteiger partial charge in [0, 0.05) is 26.4 Å². The molecule has 1 atom stereocenters. The van der Waals surface area contributed by atoms with E-state index in [2.05, 4.69) is 5.32 Å². The number of esters is 1. The molecule has 5 heteroatoms. The van der Waals surface area contributed by atoms with Gasteiger partial charge in [-0.1, -0.05) is 0 Å². The van der Waals surface area contributed by atoms with Crippen molar-refractivity contribution >= 4 is 5.97 Å². The number of nitrogens with one attached hydrogen (secondary N) is 1. The third-order valence-corrected chi connectivity index (χ3v) is 3.88. The highest BCUT2D eigenvalue weighted by Crippen LogP contribution is 2.25. The molecule has 118 valence electrons. The lowest BCUT2D eigenvalue weighted by atomic mass is 9.98. The van der Waals surface area contributed by atoms with Crippen molar-refractivity contribution < 1.29 is 19.0 Å². The fourth-order valence-electron chi connectivity index (χ4n) is 1.93. The minimum absolute atomic E-state index is 0.169. The molecule has 0 aromatic rings. The van der Waals surface area contributed by atoms with Crippen LogP contribution < -0.4 is 5.32 Å². The Morgan fingerprint density at radius 2 is 1.75 bits per heavy atom. The summed E-state index contributed by atoms with van der Waals surface area (Å²) in [5.41, 5.74) is -0.815. The summed E-state index contributed by atoms with van der Waals surface area (Å²) in [5, 5.41) is 3.36. The van der Waals surface area contributed by atoms with Crippen LogP contribution in [0.2, 0.25) is 0 Å². The largest absolute Gasteiger partial charge is 0.468 e. The van der Waals surface area contributed by atoms with E-state index in [0.717, 1.165) is 19.3 Å². The Morgan fingerprint density at radius 3 is 2.25 bits per heavy atom. The van der Waals surface area contributed by atoms with Gasteiger partial charge < -0.3 is 14.2 Å². The van der Waals surface area contributed by atoms with E-state index in [4.69, 9.17) is 14.2 Å². The Hall–Kier alpha value is -0.650. The van der Waals surface area contributed by atoms with E-state index >= 15 is 0 Å². The second-order valence-corrected chi connectivity index (χ2v) is 6.32. The average molecular weight is 287 g/mol. The first-order chi connectivity index (χ1) is 9.33. The van der Waals surface area contributed by atoms with E-state index in [0.29, 0.717) is 25.7 Å². The van der Waals surface area contributed by atoms with Crippen LogP contribution in [0, 0.1) is 0 Å². The molecule has 0 saturated heterocycles. The number of carbonyl (C=O) groups is 1. The van der Waals surface area contributed by atoms with Crippen LogP contribution in [0.3, 0.4) is 0 Å². The number of hydrogen-bond donors (Lipinski definition) is 1. The van der Waals surface area contributed by atoms with E-state index in [9.17, 15) is 4.79 Å². The molecule has 0 bridgehead atoms. The number of carbonyl (C=O) groups excluding carboxylic acids is 1. The minimum atomic E-state index is -0.646. The summed E-state index contributed by atoms with van der Waals surface area (Å²) in [6.07, 6.45) is 3.71. The van der Waals surface area contributed by atoms with Gasteiger partial charge >= 0.3 is 5.97 Å². The minimum Gasteiger partial charge on any atom is -0.468 e. The Balaban J connectivity index is 2.30. The predicted molar refractivity (Wildman–Crippen MR) is 77.7 cm³/mol. The molecule has 0 aliphatic heterocycles. The molecule has 0 radical (unpaired) electrons. The quantitative estimate of drug-likeness (QED) is 0.491. The summed E-state index contributed by atoms with van der Waals surface area (Å²) in [6, 6.07) is 0.450. The first-order valence-electron chi connectivity index (χ1n) is 7.32. The van der Waals surface area contributed by atoms with Gasteiger partial charge in [-0.2, -0.15) is 0 Å². The lowest BCUT2D eigenvalue weighted by molar-refractivity contribution is -0.149. The molecule has 1 aliphatic carbocycles. The summed E-state index contributed by atoms with van der Waals surface area (Å²) < 4.78 is 15.9. The Morgan fingerprint density at radius 1 is 1.15 bits per heavy atom. The van der Waals surface area contributed by atoms with E-state index in [1.807, 2.05) is 20.8 Å². The molecule has 0 aromatic heterocycles. The van der Waals surface area contributed by atoms with Gasteiger partial charge in [-0.05, 0) is 46.5 Å². The molecule has 5 nitrogen and oxygen atoms in total. The van der Waals surface area contributed by atoms with Gasteiger partial charge in [0.15, 0.2) is 0 Å². The van der Waals surface area contributed by atoms with Crippen molar-refractivity contribution in [1.29, 1.82) is 0 Å². The van der Waals surface area contributed by atoms with Gasteiger partial charge in [0.25, 0.3) is 0 Å². The molecular formula is C15H29NO4. The van der Waals surface area contributed by atoms with E-state index in [-0.39, 0.29) is 11.6 Å². The molecule has 1 N–H and O–H groups in total. The van der Waals surface area contributed by atoms with Crippen LogP contribution in [0.25, 0.3) is 0 Å². The van der Waals surface area contributed by atoms with Crippen molar-refractivity contribution in [3.63, 3.8) is 0 Å². The zero-order chi connectivity index (χ0) is 15.2. The molecule has 1 fully saturated rings. The van der Waals surface area contributed by atoms with E-state index in [1.54, 1.807) is 7.11 Å². The van der Waals surface area contributed by atoms with Crippen molar-refractivity contribution in [2.24, 2.45) is 0 Å². The van der Waals surface area contributed by atoms with Crippen molar-refractivity contribution in [3.8, 4) is 0 Å². The number of methoxy groups -OCH3 is 2. The zero-order valence-electron chi connectivity index (χ0n) is 13.5. The molecule has 0 amide bonds. The van der Waals surface area contributed by atoms with Crippen molar-refractivity contribution in [2.75, 3.05) is 27.4 Å². The molecular weight excluding hydrogens is 258 g/mol. The molecule has 20 heavy (non-hydrogen) atoms. The summed E-state index contributed by atoms with van der Waals surface area (Å²) >= 11 is 0. The lowest BCUT2D eigenvalue weighted by Gasteiger charge is -2.28. The van der Waals surface area contributed by atoms with Gasteiger partial charge in [-0.3, -0.25) is 10.1 Å². The maximum atomic E-state index is 11.9. The van der Waals surface area contributed by atoms with Crippen LogP contribution in [-0.2, 0) is 19.0 Å². The van der Waals surface area contributed by atoms with Crippen LogP contribution in [-0.4, -0.2) is 50.6 Å². The third-order valence-electron chi connectivity index (χ3n) is 3.88. The second-order valence-electron chi connectivity index (χ2n) is 6.32. The van der Waals surface area contributed by atoms with Gasteiger partial charge in [0.05, 0.1) is 12.7 Å². The Kier molecular flexibility index (Phi) is 6.43. The highest BCUT2D eigenvalue weighted by atomic mass is 16.5. The van der Waals surface area contributed by atoms with Gasteiger partial charge in [0.2, 0.25) is 0 Å². The van der Waals surface area contributed by atoms with Crippen LogP contribution in [0.4, 0.5) is 0 Å². The molecule has 0 aromatic carbocycles. The van der Waals surface area contributed by atoms with Crippen molar-refractivity contribution in [1.82, 2.24) is 5.32 Å².